The van der Waals surface area contributed by atoms with Gasteiger partial charge in [0.2, 0.25) is 17.7 Å². The topological polar surface area (TPSA) is 284 Å². The van der Waals surface area contributed by atoms with E-state index in [1.807, 2.05) is 0 Å². The number of hydrogen-bond acceptors (Lipinski definition) is 9. The second-order valence-electron chi connectivity index (χ2n) is 7.22. The molecule has 16 nitrogen and oxygen atoms in total. The summed E-state index contributed by atoms with van der Waals surface area (Å²) in [4.78, 5) is 58.9. The lowest BCUT2D eigenvalue weighted by Crippen LogP contribution is -2.58. The van der Waals surface area contributed by atoms with Gasteiger partial charge in [-0.15, -0.1) is 0 Å². The maximum Gasteiger partial charge on any atom is 0.328 e. The number of nitrogens with two attached hydrogens (primary N) is 3. The van der Waals surface area contributed by atoms with Crippen LogP contribution in [0.1, 0.15) is 18.5 Å². The van der Waals surface area contributed by atoms with Crippen LogP contribution in [0.2, 0.25) is 0 Å². The van der Waals surface area contributed by atoms with E-state index in [1.165, 1.54) is 12.5 Å². The molecule has 4 unspecified atom stereocenters. The first-order chi connectivity index (χ1) is 16.1. The Morgan fingerprint density at radius 3 is 2.12 bits per heavy atom. The molecule has 13 N–H and O–H groups in total. The average molecular weight is 486 g/mol. The van der Waals surface area contributed by atoms with E-state index in [9.17, 15) is 24.3 Å². The fourth-order valence-electron chi connectivity index (χ4n) is 2.70. The Morgan fingerprint density at radius 2 is 1.59 bits per heavy atom. The lowest BCUT2D eigenvalue weighted by Gasteiger charge is -2.24. The van der Waals surface area contributed by atoms with Gasteiger partial charge in [-0.3, -0.25) is 19.4 Å². The van der Waals surface area contributed by atoms with Crippen LogP contribution in [0.25, 0.3) is 0 Å². The summed E-state index contributed by atoms with van der Waals surface area (Å²) in [6.45, 7) is -1.56. The number of hydrogen-bond donors (Lipinski definition) is 10. The number of amides is 3. The maximum absolute atomic E-state index is 12.6. The number of aliphatic hydroxyl groups is 2. The van der Waals surface area contributed by atoms with E-state index < -0.39 is 61.1 Å². The Bertz CT molecular complexity index is 843. The largest absolute Gasteiger partial charge is 0.480 e. The number of carboxylic acid groups (broad SMARTS) is 1. The minimum atomic E-state index is -1.60. The van der Waals surface area contributed by atoms with Crippen molar-refractivity contribution >= 4 is 29.7 Å². The van der Waals surface area contributed by atoms with Crippen LogP contribution in [0.4, 0.5) is 0 Å². The predicted molar refractivity (Wildman–Crippen MR) is 118 cm³/mol. The predicted octanol–water partition coefficient (Wildman–Crippen LogP) is -5.14. The van der Waals surface area contributed by atoms with Gasteiger partial charge >= 0.3 is 5.97 Å². The third-order valence-corrected chi connectivity index (χ3v) is 4.52. The quantitative estimate of drug-likeness (QED) is 0.0636. The fourth-order valence-corrected chi connectivity index (χ4v) is 2.70. The molecule has 0 saturated carbocycles. The molecule has 3 amide bonds. The number of rotatable bonds is 15. The molecule has 0 aliphatic rings. The van der Waals surface area contributed by atoms with Crippen molar-refractivity contribution in [2.45, 2.75) is 43.4 Å². The minimum absolute atomic E-state index is 0.0163. The van der Waals surface area contributed by atoms with E-state index in [1.54, 1.807) is 0 Å². The first-order valence-corrected chi connectivity index (χ1v) is 10.2. The highest BCUT2D eigenvalue weighted by atomic mass is 16.4. The van der Waals surface area contributed by atoms with Crippen LogP contribution in [0.5, 0.6) is 0 Å². The molecule has 1 rings (SSSR count). The zero-order chi connectivity index (χ0) is 25.7. The molecule has 0 spiro atoms. The number of nitrogens with one attached hydrogen (secondary N) is 4. The minimum Gasteiger partial charge on any atom is -0.480 e. The molecule has 0 aliphatic carbocycles. The van der Waals surface area contributed by atoms with Gasteiger partial charge in [0.1, 0.15) is 18.1 Å². The van der Waals surface area contributed by atoms with Gasteiger partial charge in [0.25, 0.3) is 0 Å². The lowest BCUT2D eigenvalue weighted by atomic mass is 10.1. The fraction of sp³-hybridized carbons (Fsp3) is 0.556. The maximum atomic E-state index is 12.6. The summed E-state index contributed by atoms with van der Waals surface area (Å²) in [5, 5.41) is 34.5. The Hall–Kier alpha value is -3.76. The number of H-pyrrole nitrogens is 1. The van der Waals surface area contributed by atoms with Crippen LogP contribution >= 0.6 is 0 Å². The average Bonchev–Trinajstić information content (AvgIpc) is 3.29. The Morgan fingerprint density at radius 1 is 1.00 bits per heavy atom. The van der Waals surface area contributed by atoms with Crippen LogP contribution in [-0.4, -0.2) is 98.9 Å². The molecule has 0 saturated heterocycles. The highest BCUT2D eigenvalue weighted by Gasteiger charge is 2.29. The zero-order valence-electron chi connectivity index (χ0n) is 18.3. The van der Waals surface area contributed by atoms with Crippen molar-refractivity contribution in [1.82, 2.24) is 25.9 Å². The second-order valence-corrected chi connectivity index (χ2v) is 7.22. The molecular formula is C18H31N9O7. The number of aliphatic hydroxyl groups excluding tert-OH is 2. The van der Waals surface area contributed by atoms with Gasteiger partial charge in [0.05, 0.1) is 25.6 Å². The normalized spacial score (nSPS) is 14.2. The van der Waals surface area contributed by atoms with Crippen molar-refractivity contribution in [3.05, 3.63) is 18.2 Å². The monoisotopic (exact) mass is 485 g/mol. The van der Waals surface area contributed by atoms with Gasteiger partial charge in [-0.1, -0.05) is 0 Å². The molecule has 0 bridgehead atoms. The van der Waals surface area contributed by atoms with Gasteiger partial charge in [-0.05, 0) is 12.8 Å². The molecule has 0 fully saturated rings. The van der Waals surface area contributed by atoms with Crippen molar-refractivity contribution < 1.29 is 34.5 Å². The molecule has 16 heteroatoms. The number of carbonyl (C=O) groups excluding carboxylic acids is 3. The summed E-state index contributed by atoms with van der Waals surface area (Å²) in [5.74, 6) is -4.20. The summed E-state index contributed by atoms with van der Waals surface area (Å²) in [7, 11) is 0. The highest BCUT2D eigenvalue weighted by Crippen LogP contribution is 2.02. The molecular weight excluding hydrogens is 454 g/mol. The molecule has 1 aromatic rings. The first kappa shape index (κ1) is 28.3. The van der Waals surface area contributed by atoms with Crippen LogP contribution in [0.15, 0.2) is 17.5 Å². The van der Waals surface area contributed by atoms with E-state index in [0.29, 0.717) is 5.69 Å². The molecule has 1 aromatic heterocycles. The van der Waals surface area contributed by atoms with Crippen molar-refractivity contribution in [3.8, 4) is 0 Å². The Kier molecular flexibility index (Phi) is 12.0. The molecule has 34 heavy (non-hydrogen) atoms. The van der Waals surface area contributed by atoms with Crippen molar-refractivity contribution in [2.75, 3.05) is 19.8 Å². The standard InChI is InChI=1S/C18H31N9O7/c19-10(4-9-5-22-8-24-9)14(30)26-12(6-28)16(32)25-11(2-1-3-23-18(20)21)15(31)27-13(7-29)17(33)34/h5,8,10-13,28-29H,1-4,6-7,19H2,(H,22,24)(H,25,32)(H,26,30)(H,27,31)(H,33,34)(H4,20,21,23). The van der Waals surface area contributed by atoms with Crippen LogP contribution in [0, 0.1) is 0 Å². The van der Waals surface area contributed by atoms with Crippen LogP contribution in [0.3, 0.4) is 0 Å². The molecule has 0 aliphatic heterocycles. The van der Waals surface area contributed by atoms with Gasteiger partial charge in [0, 0.05) is 24.9 Å². The number of aliphatic carboxylic acids is 1. The smallest absolute Gasteiger partial charge is 0.328 e. The zero-order valence-corrected chi connectivity index (χ0v) is 18.3. The third-order valence-electron chi connectivity index (χ3n) is 4.52. The van der Waals surface area contributed by atoms with E-state index in [-0.39, 0.29) is 31.8 Å². The Labute approximate surface area is 194 Å². The number of carboxylic acids is 1. The number of aromatic amines is 1. The van der Waals surface area contributed by atoms with Crippen LogP contribution < -0.4 is 33.2 Å². The number of carbonyl (C=O) groups is 4. The summed E-state index contributed by atoms with van der Waals surface area (Å²) < 4.78 is 0. The van der Waals surface area contributed by atoms with Crippen molar-refractivity contribution in [3.63, 3.8) is 0 Å². The van der Waals surface area contributed by atoms with Gasteiger partial charge in [-0.25, -0.2) is 9.78 Å². The van der Waals surface area contributed by atoms with E-state index >= 15 is 0 Å². The third kappa shape index (κ3) is 9.80. The lowest BCUT2D eigenvalue weighted by molar-refractivity contribution is -0.143. The van der Waals surface area contributed by atoms with Gasteiger partial charge < -0.3 is 53.5 Å². The van der Waals surface area contributed by atoms with E-state index in [4.69, 9.17) is 27.4 Å². The number of nitrogens with zero attached hydrogens (tertiary/aromatic N) is 2. The van der Waals surface area contributed by atoms with Crippen LogP contribution in [-0.2, 0) is 25.6 Å². The van der Waals surface area contributed by atoms with Crippen molar-refractivity contribution in [2.24, 2.45) is 22.2 Å². The number of guanidine groups is 1. The molecule has 1 heterocycles. The first-order valence-electron chi connectivity index (χ1n) is 10.2. The summed E-state index contributed by atoms with van der Waals surface area (Å²) in [5.41, 5.74) is 16.9. The summed E-state index contributed by atoms with van der Waals surface area (Å²) in [6, 6.07) is -5.37. The highest BCUT2D eigenvalue weighted by molar-refractivity contribution is 5.94. The number of aromatic nitrogens is 2. The molecule has 190 valence electrons. The molecule has 0 aromatic carbocycles. The SMILES string of the molecule is NC(N)=NCCCC(NC(=O)C(CO)NC(=O)C(N)Cc1cnc[nH]1)C(=O)NC(CO)C(=O)O. The van der Waals surface area contributed by atoms with Crippen molar-refractivity contribution in [1.29, 1.82) is 0 Å². The van der Waals surface area contributed by atoms with E-state index in [0.717, 1.165) is 0 Å². The summed E-state index contributed by atoms with van der Waals surface area (Å²) >= 11 is 0. The molecule has 4 atom stereocenters. The number of imidazole rings is 1. The summed E-state index contributed by atoms with van der Waals surface area (Å²) in [6.07, 6.45) is 3.19. The molecule has 0 radical (unpaired) electrons. The van der Waals surface area contributed by atoms with E-state index in [2.05, 4.69) is 30.9 Å². The van der Waals surface area contributed by atoms with Gasteiger partial charge in [0.15, 0.2) is 5.96 Å². The second kappa shape index (κ2) is 14.4. The van der Waals surface area contributed by atoms with Gasteiger partial charge in [-0.2, -0.15) is 0 Å². The number of aliphatic imine (C=N–C) groups is 1. The Balaban J connectivity index is 2.82.